The van der Waals surface area contributed by atoms with Crippen molar-refractivity contribution in [2.75, 3.05) is 5.32 Å². The molecule has 0 saturated carbocycles. The summed E-state index contributed by atoms with van der Waals surface area (Å²) >= 11 is 0.928. The summed E-state index contributed by atoms with van der Waals surface area (Å²) in [5.41, 5.74) is 3.03. The van der Waals surface area contributed by atoms with Gasteiger partial charge in [-0.15, -0.1) is 11.3 Å². The minimum absolute atomic E-state index is 0.0249. The lowest BCUT2D eigenvalue weighted by atomic mass is 10.1. The Labute approximate surface area is 121 Å². The maximum atomic E-state index is 12.0. The molecule has 0 saturated heterocycles. The number of primary sulfonamides is 1. The van der Waals surface area contributed by atoms with Gasteiger partial charge in [0.2, 0.25) is 10.0 Å². The summed E-state index contributed by atoms with van der Waals surface area (Å²) < 4.78 is 22.3. The van der Waals surface area contributed by atoms with E-state index in [0.717, 1.165) is 22.5 Å². The maximum Gasteiger partial charge on any atom is 0.256 e. The van der Waals surface area contributed by atoms with Gasteiger partial charge in [0, 0.05) is 11.1 Å². The van der Waals surface area contributed by atoms with E-state index < -0.39 is 10.0 Å². The molecule has 5 nitrogen and oxygen atoms in total. The maximum absolute atomic E-state index is 12.0. The molecule has 2 aromatic rings. The summed E-state index contributed by atoms with van der Waals surface area (Å²) in [5.74, 6) is -0.360. The van der Waals surface area contributed by atoms with Crippen LogP contribution in [-0.4, -0.2) is 14.3 Å². The quantitative estimate of drug-likeness (QED) is 0.911. The molecule has 2 rings (SSSR count). The highest BCUT2D eigenvalue weighted by Crippen LogP contribution is 2.20. The number of nitrogens with two attached hydrogens (primary N) is 1. The molecule has 0 aliphatic carbocycles. The summed E-state index contributed by atoms with van der Waals surface area (Å²) in [6.07, 6.45) is 0. The molecule has 7 heteroatoms. The summed E-state index contributed by atoms with van der Waals surface area (Å²) in [6.45, 7) is 3.87. The standard InChI is InChI=1S/C13H14N2O3S2/c1-8-3-9(2)5-11(4-8)15-13(16)10-6-12(19-7-10)20(14,17)18/h3-7H,1-2H3,(H,15,16)(H2,14,17,18). The molecular weight excluding hydrogens is 296 g/mol. The number of amides is 1. The topological polar surface area (TPSA) is 89.3 Å². The highest BCUT2D eigenvalue weighted by Gasteiger charge is 2.15. The fourth-order valence-corrected chi connectivity index (χ4v) is 3.42. The molecule has 20 heavy (non-hydrogen) atoms. The largest absolute Gasteiger partial charge is 0.322 e. The number of nitrogens with one attached hydrogen (secondary N) is 1. The van der Waals surface area contributed by atoms with Crippen molar-refractivity contribution >= 4 is 33.0 Å². The molecule has 1 amide bonds. The van der Waals surface area contributed by atoms with E-state index in [1.165, 1.54) is 11.4 Å². The third-order valence-electron chi connectivity index (χ3n) is 2.60. The molecule has 0 aliphatic rings. The Hall–Kier alpha value is -1.70. The third-order valence-corrected chi connectivity index (χ3v) is 4.98. The molecule has 0 radical (unpaired) electrons. The molecule has 106 valence electrons. The summed E-state index contributed by atoms with van der Waals surface area (Å²) in [5, 5.41) is 9.22. The van der Waals surface area contributed by atoms with E-state index in [2.05, 4.69) is 5.32 Å². The predicted octanol–water partition coefficient (Wildman–Crippen LogP) is 2.26. The summed E-state index contributed by atoms with van der Waals surface area (Å²) in [6, 6.07) is 6.97. The number of hydrogen-bond donors (Lipinski definition) is 2. The second kappa shape index (κ2) is 5.35. The Morgan fingerprint density at radius 1 is 1.15 bits per heavy atom. The molecule has 0 unspecified atom stereocenters. The van der Waals surface area contributed by atoms with Crippen molar-refractivity contribution in [2.45, 2.75) is 18.1 Å². The SMILES string of the molecule is Cc1cc(C)cc(NC(=O)c2csc(S(N)(=O)=O)c2)c1. The first-order chi connectivity index (χ1) is 9.25. The molecule has 0 spiro atoms. The van der Waals surface area contributed by atoms with Crippen molar-refractivity contribution in [1.82, 2.24) is 0 Å². The second-order valence-electron chi connectivity index (χ2n) is 4.53. The van der Waals surface area contributed by atoms with Crippen molar-refractivity contribution < 1.29 is 13.2 Å². The van der Waals surface area contributed by atoms with Crippen molar-refractivity contribution in [3.63, 3.8) is 0 Å². The average molecular weight is 310 g/mol. The zero-order valence-corrected chi connectivity index (χ0v) is 12.6. The molecule has 3 N–H and O–H groups in total. The number of carbonyl (C=O) groups excluding carboxylic acids is 1. The van der Waals surface area contributed by atoms with Gasteiger partial charge in [-0.25, -0.2) is 13.6 Å². The van der Waals surface area contributed by atoms with Gasteiger partial charge in [0.25, 0.3) is 5.91 Å². The monoisotopic (exact) mass is 310 g/mol. The summed E-state index contributed by atoms with van der Waals surface area (Å²) in [7, 11) is -3.76. The first-order valence-corrected chi connectivity index (χ1v) is 8.19. The lowest BCUT2D eigenvalue weighted by Gasteiger charge is -2.06. The van der Waals surface area contributed by atoms with Crippen molar-refractivity contribution in [2.24, 2.45) is 5.14 Å². The van der Waals surface area contributed by atoms with E-state index in [0.29, 0.717) is 5.69 Å². The first-order valence-electron chi connectivity index (χ1n) is 5.77. The van der Waals surface area contributed by atoms with Crippen molar-refractivity contribution in [3.05, 3.63) is 46.3 Å². The summed E-state index contributed by atoms with van der Waals surface area (Å²) in [4.78, 5) is 12.0. The minimum Gasteiger partial charge on any atom is -0.322 e. The normalized spacial score (nSPS) is 11.3. The number of aryl methyl sites for hydroxylation is 2. The van der Waals surface area contributed by atoms with Gasteiger partial charge in [-0.3, -0.25) is 4.79 Å². The number of benzene rings is 1. The Morgan fingerprint density at radius 2 is 1.75 bits per heavy atom. The van der Waals surface area contributed by atoms with Crippen LogP contribution >= 0.6 is 11.3 Å². The molecule has 0 aliphatic heterocycles. The van der Waals surface area contributed by atoms with Gasteiger partial charge in [0.05, 0.1) is 5.56 Å². The Kier molecular flexibility index (Phi) is 3.94. The van der Waals surface area contributed by atoms with E-state index in [9.17, 15) is 13.2 Å². The highest BCUT2D eigenvalue weighted by molar-refractivity contribution is 7.91. The number of carbonyl (C=O) groups is 1. The number of thiophene rings is 1. The van der Waals surface area contributed by atoms with Crippen LogP contribution in [-0.2, 0) is 10.0 Å². The number of hydrogen-bond acceptors (Lipinski definition) is 4. The lowest BCUT2D eigenvalue weighted by Crippen LogP contribution is -2.12. The molecule has 0 bridgehead atoms. The van der Waals surface area contributed by atoms with Gasteiger partial charge in [0.1, 0.15) is 4.21 Å². The Balaban J connectivity index is 2.22. The van der Waals surface area contributed by atoms with Gasteiger partial charge in [-0.1, -0.05) is 6.07 Å². The molecule has 0 fully saturated rings. The zero-order valence-electron chi connectivity index (χ0n) is 11.0. The third kappa shape index (κ3) is 3.44. The van der Waals surface area contributed by atoms with E-state index in [1.807, 2.05) is 32.0 Å². The van der Waals surface area contributed by atoms with Gasteiger partial charge >= 0.3 is 0 Å². The minimum atomic E-state index is -3.76. The number of sulfonamides is 1. The van der Waals surface area contributed by atoms with Crippen LogP contribution in [0.4, 0.5) is 5.69 Å². The van der Waals surface area contributed by atoms with Crippen LogP contribution in [0, 0.1) is 13.8 Å². The van der Waals surface area contributed by atoms with E-state index in [4.69, 9.17) is 5.14 Å². The van der Waals surface area contributed by atoms with E-state index in [1.54, 1.807) is 0 Å². The van der Waals surface area contributed by atoms with Crippen LogP contribution in [0.1, 0.15) is 21.5 Å². The Bertz CT molecular complexity index is 743. The van der Waals surface area contributed by atoms with Crippen molar-refractivity contribution in [1.29, 1.82) is 0 Å². The van der Waals surface area contributed by atoms with Crippen LogP contribution in [0.25, 0.3) is 0 Å². The highest BCUT2D eigenvalue weighted by atomic mass is 32.2. The van der Waals surface area contributed by atoms with Crippen LogP contribution in [0.3, 0.4) is 0 Å². The number of rotatable bonds is 3. The number of anilines is 1. The van der Waals surface area contributed by atoms with Gasteiger partial charge in [0.15, 0.2) is 0 Å². The Morgan fingerprint density at radius 3 is 2.25 bits per heavy atom. The van der Waals surface area contributed by atoms with Crippen LogP contribution in [0.2, 0.25) is 0 Å². The predicted molar refractivity (Wildman–Crippen MR) is 79.6 cm³/mol. The van der Waals surface area contributed by atoms with Crippen LogP contribution in [0.15, 0.2) is 33.9 Å². The van der Waals surface area contributed by atoms with E-state index in [-0.39, 0.29) is 15.7 Å². The lowest BCUT2D eigenvalue weighted by molar-refractivity contribution is 0.102. The fourth-order valence-electron chi connectivity index (χ4n) is 1.83. The first kappa shape index (κ1) is 14.7. The zero-order chi connectivity index (χ0) is 14.9. The molecule has 1 aromatic heterocycles. The van der Waals surface area contributed by atoms with Crippen LogP contribution in [0.5, 0.6) is 0 Å². The second-order valence-corrected chi connectivity index (χ2v) is 7.23. The van der Waals surface area contributed by atoms with Gasteiger partial charge in [-0.2, -0.15) is 0 Å². The molecular formula is C13H14N2O3S2. The van der Waals surface area contributed by atoms with Crippen LogP contribution < -0.4 is 10.5 Å². The van der Waals surface area contributed by atoms with E-state index >= 15 is 0 Å². The molecule has 1 heterocycles. The fraction of sp³-hybridized carbons (Fsp3) is 0.154. The van der Waals surface area contributed by atoms with Gasteiger partial charge < -0.3 is 5.32 Å². The smallest absolute Gasteiger partial charge is 0.256 e. The van der Waals surface area contributed by atoms with Gasteiger partial charge in [-0.05, 0) is 43.2 Å². The van der Waals surface area contributed by atoms with Crippen molar-refractivity contribution in [3.8, 4) is 0 Å². The average Bonchev–Trinajstić information content (AvgIpc) is 2.75. The molecule has 0 atom stereocenters. The molecule has 1 aromatic carbocycles.